The second-order valence-electron chi connectivity index (χ2n) is 2.36. The van der Waals surface area contributed by atoms with Gasteiger partial charge in [-0.05, 0) is 40.3 Å². The molecule has 13 heavy (non-hydrogen) atoms. The normalized spacial score (nSPS) is 9.31. The van der Waals surface area contributed by atoms with Crippen molar-refractivity contribution in [2.75, 3.05) is 0 Å². The van der Waals surface area contributed by atoms with Gasteiger partial charge in [-0.25, -0.2) is 4.39 Å². The van der Waals surface area contributed by atoms with Gasteiger partial charge in [0.25, 0.3) is 0 Å². The van der Waals surface area contributed by atoms with Gasteiger partial charge in [0, 0.05) is 3.57 Å². The third kappa shape index (κ3) is 2.16. The highest BCUT2D eigenvalue weighted by molar-refractivity contribution is 14.1. The third-order valence-electron chi connectivity index (χ3n) is 1.54. The Morgan fingerprint density at radius 3 is 2.38 bits per heavy atom. The molecule has 0 aliphatic rings. The van der Waals surface area contributed by atoms with Crippen LogP contribution in [0.2, 0.25) is 0 Å². The Morgan fingerprint density at radius 2 is 1.92 bits per heavy atom. The maximum absolute atomic E-state index is 13.0. The fourth-order valence-corrected chi connectivity index (χ4v) is 1.21. The zero-order valence-electron chi connectivity index (χ0n) is 6.46. The summed E-state index contributed by atoms with van der Waals surface area (Å²) in [4.78, 5) is 0. The summed E-state index contributed by atoms with van der Waals surface area (Å²) in [5, 5.41) is 17.1. The topological polar surface area (TPSA) is 47.6 Å². The Morgan fingerprint density at radius 1 is 1.31 bits per heavy atom. The number of nitrogens with zero attached hydrogens (tertiary/aromatic N) is 2. The Labute approximate surface area is 88.7 Å². The van der Waals surface area contributed by atoms with Crippen molar-refractivity contribution in [3.05, 3.63) is 33.1 Å². The average Bonchev–Trinajstić information content (AvgIpc) is 2.13. The van der Waals surface area contributed by atoms with E-state index in [-0.39, 0.29) is 0 Å². The summed E-state index contributed by atoms with van der Waals surface area (Å²) in [7, 11) is 0. The van der Waals surface area contributed by atoms with Crippen LogP contribution in [-0.4, -0.2) is 0 Å². The zero-order valence-corrected chi connectivity index (χ0v) is 8.62. The second kappa shape index (κ2) is 4.20. The van der Waals surface area contributed by atoms with Crippen molar-refractivity contribution in [1.82, 2.24) is 0 Å². The number of hydrogen-bond acceptors (Lipinski definition) is 2. The number of benzene rings is 1. The van der Waals surface area contributed by atoms with Gasteiger partial charge in [-0.15, -0.1) is 0 Å². The first-order valence-corrected chi connectivity index (χ1v) is 4.51. The van der Waals surface area contributed by atoms with Crippen molar-refractivity contribution in [2.45, 2.75) is 5.92 Å². The quantitative estimate of drug-likeness (QED) is 0.745. The molecular formula is C9H4FIN2. The van der Waals surface area contributed by atoms with Crippen LogP contribution < -0.4 is 0 Å². The summed E-state index contributed by atoms with van der Waals surface area (Å²) < 4.78 is 13.5. The van der Waals surface area contributed by atoms with Crippen molar-refractivity contribution < 1.29 is 4.39 Å². The lowest BCUT2D eigenvalue weighted by Crippen LogP contribution is -1.93. The van der Waals surface area contributed by atoms with E-state index in [4.69, 9.17) is 10.5 Å². The van der Waals surface area contributed by atoms with E-state index in [2.05, 4.69) is 0 Å². The van der Waals surface area contributed by atoms with E-state index < -0.39 is 11.7 Å². The van der Waals surface area contributed by atoms with E-state index in [1.165, 1.54) is 6.07 Å². The summed E-state index contributed by atoms with van der Waals surface area (Å²) in [6.07, 6.45) is 0. The molecule has 1 rings (SSSR count). The predicted molar refractivity (Wildman–Crippen MR) is 53.1 cm³/mol. The molecule has 64 valence electrons. The summed E-state index contributed by atoms with van der Waals surface area (Å²) in [5.74, 6) is -1.28. The molecule has 0 aliphatic carbocycles. The molecule has 1 aromatic carbocycles. The van der Waals surface area contributed by atoms with Crippen LogP contribution in [0.4, 0.5) is 4.39 Å². The fraction of sp³-hybridized carbons (Fsp3) is 0.111. The first kappa shape index (κ1) is 9.94. The molecule has 1 aromatic rings. The van der Waals surface area contributed by atoms with Crippen molar-refractivity contribution in [2.24, 2.45) is 0 Å². The summed E-state index contributed by atoms with van der Waals surface area (Å²) >= 11 is 1.85. The second-order valence-corrected chi connectivity index (χ2v) is 3.53. The summed E-state index contributed by atoms with van der Waals surface area (Å²) in [6.45, 7) is 0. The first-order chi connectivity index (χ1) is 6.19. The lowest BCUT2D eigenvalue weighted by atomic mass is 10.0. The molecule has 2 nitrogen and oxygen atoms in total. The van der Waals surface area contributed by atoms with Crippen LogP contribution in [-0.2, 0) is 0 Å². The van der Waals surface area contributed by atoms with Crippen LogP contribution in [0.5, 0.6) is 0 Å². The van der Waals surface area contributed by atoms with Gasteiger partial charge in [-0.2, -0.15) is 10.5 Å². The highest BCUT2D eigenvalue weighted by Gasteiger charge is 2.10. The number of halogens is 2. The predicted octanol–water partition coefficient (Wildman–Crippen LogP) is 2.56. The van der Waals surface area contributed by atoms with Gasteiger partial charge in [-0.3, -0.25) is 0 Å². The van der Waals surface area contributed by atoms with Crippen molar-refractivity contribution >= 4 is 22.6 Å². The van der Waals surface area contributed by atoms with Gasteiger partial charge in [0.05, 0.1) is 12.1 Å². The van der Waals surface area contributed by atoms with Crippen LogP contribution in [0.25, 0.3) is 0 Å². The smallest absolute Gasteiger partial charge is 0.158 e. The Kier molecular flexibility index (Phi) is 3.21. The van der Waals surface area contributed by atoms with E-state index in [0.29, 0.717) is 9.13 Å². The molecule has 0 radical (unpaired) electrons. The highest BCUT2D eigenvalue weighted by atomic mass is 127. The van der Waals surface area contributed by atoms with Gasteiger partial charge in [0.1, 0.15) is 5.82 Å². The maximum Gasteiger partial charge on any atom is 0.158 e. The molecule has 0 aromatic heterocycles. The molecule has 0 fully saturated rings. The number of nitriles is 2. The SMILES string of the molecule is N#CC(C#N)c1ccc(I)c(F)c1. The van der Waals surface area contributed by atoms with Crippen molar-refractivity contribution in [3.8, 4) is 12.1 Å². The molecule has 0 unspecified atom stereocenters. The van der Waals surface area contributed by atoms with E-state index in [1.807, 2.05) is 22.6 Å². The van der Waals surface area contributed by atoms with Crippen LogP contribution >= 0.6 is 22.6 Å². The van der Waals surface area contributed by atoms with E-state index in [1.54, 1.807) is 24.3 Å². The number of hydrogen-bond donors (Lipinski definition) is 0. The largest absolute Gasteiger partial charge is 0.206 e. The van der Waals surface area contributed by atoms with Gasteiger partial charge in [0.2, 0.25) is 0 Å². The molecule has 0 atom stereocenters. The van der Waals surface area contributed by atoms with Gasteiger partial charge in [-0.1, -0.05) is 6.07 Å². The summed E-state index contributed by atoms with van der Waals surface area (Å²) in [6, 6.07) is 7.92. The first-order valence-electron chi connectivity index (χ1n) is 3.43. The molecule has 0 saturated heterocycles. The highest BCUT2D eigenvalue weighted by Crippen LogP contribution is 2.18. The minimum atomic E-state index is -0.883. The fourth-order valence-electron chi connectivity index (χ4n) is 0.870. The minimum absolute atomic E-state index is 0.395. The maximum atomic E-state index is 13.0. The lowest BCUT2D eigenvalue weighted by Gasteiger charge is -2.00. The van der Waals surface area contributed by atoms with E-state index >= 15 is 0 Å². The summed E-state index contributed by atoms with van der Waals surface area (Å²) in [5.41, 5.74) is 0.405. The van der Waals surface area contributed by atoms with Crippen molar-refractivity contribution in [1.29, 1.82) is 10.5 Å². The zero-order chi connectivity index (χ0) is 9.84. The van der Waals surface area contributed by atoms with Crippen LogP contribution in [0.15, 0.2) is 18.2 Å². The van der Waals surface area contributed by atoms with Gasteiger partial charge in [0.15, 0.2) is 5.92 Å². The van der Waals surface area contributed by atoms with Crippen LogP contribution in [0.1, 0.15) is 11.5 Å². The number of rotatable bonds is 1. The Balaban J connectivity index is 3.13. The molecule has 0 saturated carbocycles. The van der Waals surface area contributed by atoms with Crippen molar-refractivity contribution in [3.63, 3.8) is 0 Å². The van der Waals surface area contributed by atoms with Gasteiger partial charge >= 0.3 is 0 Å². The van der Waals surface area contributed by atoms with E-state index in [0.717, 1.165) is 0 Å². The standard InChI is InChI=1S/C9H4FIN2/c10-8-3-6(1-2-9(8)11)7(4-12)5-13/h1-3,7H. The molecule has 0 heterocycles. The lowest BCUT2D eigenvalue weighted by molar-refractivity contribution is 0.618. The van der Waals surface area contributed by atoms with Gasteiger partial charge < -0.3 is 0 Å². The monoisotopic (exact) mass is 286 g/mol. The third-order valence-corrected chi connectivity index (χ3v) is 2.41. The molecule has 0 aliphatic heterocycles. The molecular weight excluding hydrogens is 282 g/mol. The molecule has 0 spiro atoms. The molecule has 0 bridgehead atoms. The van der Waals surface area contributed by atoms with E-state index in [9.17, 15) is 4.39 Å². The molecule has 0 N–H and O–H groups in total. The Bertz CT molecular complexity index is 389. The average molecular weight is 286 g/mol. The molecule has 4 heteroatoms. The molecule has 0 amide bonds. The minimum Gasteiger partial charge on any atom is -0.206 e. The van der Waals surface area contributed by atoms with Crippen LogP contribution in [0.3, 0.4) is 0 Å². The van der Waals surface area contributed by atoms with Crippen LogP contribution in [0, 0.1) is 32.0 Å². The Hall–Kier alpha value is -1.14.